The standard InChI is InChI=1S/C24H40NO10P/c1-3-4-5-6-7-8-9-10-11-12-13-14-15-16-23(27)35-21(17-32-20(2)26)18-33-36(30,31)34-19-22(25)24(28)29/h4-5,7-8,10-11,21-22H,3,6,9,12-19,25H2,1-2H3,(H,28,29)(H,30,31)/b5-4-,8-7-,11-10-. The summed E-state index contributed by atoms with van der Waals surface area (Å²) in [5.41, 5.74) is 5.20. The van der Waals surface area contributed by atoms with Crippen LogP contribution in [0.15, 0.2) is 36.5 Å². The van der Waals surface area contributed by atoms with Gasteiger partial charge in [0.25, 0.3) is 0 Å². The number of aliphatic carboxylic acids is 1. The van der Waals surface area contributed by atoms with Gasteiger partial charge in [0.1, 0.15) is 12.6 Å². The van der Waals surface area contributed by atoms with E-state index in [0.717, 1.165) is 45.4 Å². The molecule has 0 radical (unpaired) electrons. The average Bonchev–Trinajstić information content (AvgIpc) is 2.82. The topological polar surface area (TPSA) is 172 Å². The van der Waals surface area contributed by atoms with Crippen LogP contribution in [0, 0.1) is 0 Å². The number of hydrogen-bond donors (Lipinski definition) is 3. The van der Waals surface area contributed by atoms with Gasteiger partial charge in [-0.25, -0.2) is 4.57 Å². The fraction of sp³-hybridized carbons (Fsp3) is 0.625. The number of carbonyl (C=O) groups excluding carboxylic acids is 2. The number of nitrogens with two attached hydrogens (primary N) is 1. The van der Waals surface area contributed by atoms with Gasteiger partial charge in [-0.3, -0.25) is 23.4 Å². The molecule has 0 bridgehead atoms. The van der Waals surface area contributed by atoms with Gasteiger partial charge in [-0.05, 0) is 38.5 Å². The maximum absolute atomic E-state index is 12.1. The second kappa shape index (κ2) is 20.8. The molecule has 0 saturated heterocycles. The molecule has 3 atom stereocenters. The lowest BCUT2D eigenvalue weighted by Gasteiger charge is -2.20. The van der Waals surface area contributed by atoms with Crippen molar-refractivity contribution in [3.63, 3.8) is 0 Å². The monoisotopic (exact) mass is 533 g/mol. The molecule has 0 aliphatic rings. The summed E-state index contributed by atoms with van der Waals surface area (Å²) in [6, 6.07) is -1.52. The van der Waals surface area contributed by atoms with Gasteiger partial charge < -0.3 is 25.2 Å². The first kappa shape index (κ1) is 33.7. The Morgan fingerprint density at radius 1 is 0.917 bits per heavy atom. The van der Waals surface area contributed by atoms with Crippen LogP contribution in [0.5, 0.6) is 0 Å². The van der Waals surface area contributed by atoms with Crippen LogP contribution in [0.4, 0.5) is 0 Å². The molecule has 0 spiro atoms. The van der Waals surface area contributed by atoms with Crippen molar-refractivity contribution in [2.75, 3.05) is 19.8 Å². The highest BCUT2D eigenvalue weighted by atomic mass is 31.2. The molecule has 0 rings (SSSR count). The fourth-order valence-electron chi connectivity index (χ4n) is 2.57. The number of ether oxygens (including phenoxy) is 2. The van der Waals surface area contributed by atoms with Crippen molar-refractivity contribution in [1.82, 2.24) is 0 Å². The summed E-state index contributed by atoms with van der Waals surface area (Å²) in [6.45, 7) is 1.50. The maximum atomic E-state index is 12.1. The molecule has 3 unspecified atom stereocenters. The molecular formula is C24H40NO10P. The summed E-state index contributed by atoms with van der Waals surface area (Å²) in [4.78, 5) is 43.5. The Hall–Kier alpha value is -2.30. The van der Waals surface area contributed by atoms with E-state index in [4.69, 9.17) is 24.8 Å². The number of esters is 2. The molecular weight excluding hydrogens is 493 g/mol. The van der Waals surface area contributed by atoms with Crippen LogP contribution in [0.3, 0.4) is 0 Å². The normalized spacial score (nSPS) is 15.2. The van der Waals surface area contributed by atoms with E-state index in [2.05, 4.69) is 47.9 Å². The maximum Gasteiger partial charge on any atom is 0.472 e. The smallest absolute Gasteiger partial charge is 0.472 e. The van der Waals surface area contributed by atoms with Crippen molar-refractivity contribution in [3.8, 4) is 0 Å². The van der Waals surface area contributed by atoms with E-state index in [0.29, 0.717) is 6.42 Å². The zero-order valence-corrected chi connectivity index (χ0v) is 22.0. The average molecular weight is 534 g/mol. The largest absolute Gasteiger partial charge is 0.480 e. The molecule has 0 aliphatic heterocycles. The van der Waals surface area contributed by atoms with Gasteiger partial charge >= 0.3 is 25.7 Å². The minimum absolute atomic E-state index is 0.120. The molecule has 0 aliphatic carbocycles. The number of phosphoric ester groups is 1. The molecule has 0 aromatic rings. The number of phosphoric acid groups is 1. The fourth-order valence-corrected chi connectivity index (χ4v) is 3.34. The van der Waals surface area contributed by atoms with Crippen molar-refractivity contribution in [2.24, 2.45) is 5.73 Å². The van der Waals surface area contributed by atoms with Gasteiger partial charge in [-0.2, -0.15) is 0 Å². The van der Waals surface area contributed by atoms with Crippen molar-refractivity contribution in [3.05, 3.63) is 36.5 Å². The molecule has 11 nitrogen and oxygen atoms in total. The summed E-state index contributed by atoms with van der Waals surface area (Å²) in [7, 11) is -4.67. The number of hydrogen-bond acceptors (Lipinski definition) is 9. The third-order valence-electron chi connectivity index (χ3n) is 4.46. The number of rotatable bonds is 21. The molecule has 0 aromatic carbocycles. The van der Waals surface area contributed by atoms with E-state index < -0.39 is 51.1 Å². The highest BCUT2D eigenvalue weighted by Crippen LogP contribution is 2.43. The van der Waals surface area contributed by atoms with Gasteiger partial charge in [-0.1, -0.05) is 49.8 Å². The Bertz CT molecular complexity index is 781. The number of carbonyl (C=O) groups is 3. The van der Waals surface area contributed by atoms with Gasteiger partial charge in [-0.15, -0.1) is 0 Å². The molecule has 36 heavy (non-hydrogen) atoms. The van der Waals surface area contributed by atoms with E-state index in [9.17, 15) is 23.8 Å². The Balaban J connectivity index is 4.28. The molecule has 0 heterocycles. The minimum Gasteiger partial charge on any atom is -0.480 e. The van der Waals surface area contributed by atoms with E-state index in [1.807, 2.05) is 0 Å². The number of carboxylic acids is 1. The molecule has 206 valence electrons. The van der Waals surface area contributed by atoms with E-state index in [1.165, 1.54) is 0 Å². The highest BCUT2D eigenvalue weighted by Gasteiger charge is 2.27. The molecule has 0 saturated carbocycles. The van der Waals surface area contributed by atoms with Crippen LogP contribution in [0.25, 0.3) is 0 Å². The Morgan fingerprint density at radius 3 is 2.14 bits per heavy atom. The van der Waals surface area contributed by atoms with E-state index in [1.54, 1.807) is 0 Å². The van der Waals surface area contributed by atoms with Gasteiger partial charge in [0.05, 0.1) is 13.2 Å². The van der Waals surface area contributed by atoms with Crippen LogP contribution in [0.1, 0.15) is 65.2 Å². The quantitative estimate of drug-likeness (QED) is 0.0847. The number of allylic oxidation sites excluding steroid dienone is 6. The second-order valence-corrected chi connectivity index (χ2v) is 9.27. The summed E-state index contributed by atoms with van der Waals surface area (Å²) in [5, 5.41) is 8.68. The molecule has 0 amide bonds. The third kappa shape index (κ3) is 21.0. The van der Waals surface area contributed by atoms with Gasteiger partial charge in [0.2, 0.25) is 0 Å². The summed E-state index contributed by atoms with van der Waals surface area (Å²) >= 11 is 0. The van der Waals surface area contributed by atoms with Crippen molar-refractivity contribution < 1.29 is 47.5 Å². The van der Waals surface area contributed by atoms with Crippen LogP contribution in [-0.4, -0.2) is 59.9 Å². The Kier molecular flexibility index (Phi) is 19.5. The van der Waals surface area contributed by atoms with Crippen LogP contribution in [0.2, 0.25) is 0 Å². The summed E-state index contributed by atoms with van der Waals surface area (Å²) < 4.78 is 31.1. The Morgan fingerprint density at radius 2 is 1.53 bits per heavy atom. The third-order valence-corrected chi connectivity index (χ3v) is 5.41. The molecule has 0 aromatic heterocycles. The van der Waals surface area contributed by atoms with E-state index in [-0.39, 0.29) is 13.0 Å². The summed E-state index contributed by atoms with van der Waals surface area (Å²) in [6.07, 6.45) is 17.8. The van der Waals surface area contributed by atoms with Crippen molar-refractivity contribution in [2.45, 2.75) is 77.4 Å². The zero-order valence-electron chi connectivity index (χ0n) is 21.1. The second-order valence-electron chi connectivity index (χ2n) is 7.81. The van der Waals surface area contributed by atoms with Crippen molar-refractivity contribution >= 4 is 25.7 Å². The molecule has 4 N–H and O–H groups in total. The lowest BCUT2D eigenvalue weighted by atomic mass is 10.1. The van der Waals surface area contributed by atoms with Gasteiger partial charge in [0, 0.05) is 13.3 Å². The predicted molar refractivity (Wildman–Crippen MR) is 134 cm³/mol. The molecule has 12 heteroatoms. The SMILES string of the molecule is CC/C=C\C/C=C\C/C=C\CCCCCC(=O)OC(COC(C)=O)COP(=O)(O)OCC(N)C(=O)O. The number of unbranched alkanes of at least 4 members (excludes halogenated alkanes) is 3. The van der Waals surface area contributed by atoms with Crippen molar-refractivity contribution in [1.29, 1.82) is 0 Å². The van der Waals surface area contributed by atoms with Crippen LogP contribution >= 0.6 is 7.82 Å². The minimum atomic E-state index is -4.67. The summed E-state index contributed by atoms with van der Waals surface area (Å²) in [5.74, 6) is -2.63. The first-order valence-corrected chi connectivity index (χ1v) is 13.4. The van der Waals surface area contributed by atoms with Crippen LogP contribution < -0.4 is 5.73 Å². The predicted octanol–water partition coefficient (Wildman–Crippen LogP) is 3.82. The van der Waals surface area contributed by atoms with E-state index >= 15 is 0 Å². The number of carboxylic acid groups (broad SMARTS) is 1. The first-order valence-electron chi connectivity index (χ1n) is 12.0. The lowest BCUT2D eigenvalue weighted by Crippen LogP contribution is -2.34. The highest BCUT2D eigenvalue weighted by molar-refractivity contribution is 7.47. The van der Waals surface area contributed by atoms with Crippen LogP contribution in [-0.2, 0) is 37.5 Å². The van der Waals surface area contributed by atoms with Gasteiger partial charge in [0.15, 0.2) is 6.10 Å². The lowest BCUT2D eigenvalue weighted by molar-refractivity contribution is -0.160. The zero-order chi connectivity index (χ0) is 27.2. The Labute approximate surface area is 212 Å². The molecule has 0 fully saturated rings. The first-order chi connectivity index (χ1) is 17.1.